The number of imidazole rings is 1. The fourth-order valence-electron chi connectivity index (χ4n) is 2.63. The van der Waals surface area contributed by atoms with Crippen LogP contribution in [0.25, 0.3) is 5.69 Å². The van der Waals surface area contributed by atoms with E-state index in [-0.39, 0.29) is 5.92 Å². The maximum Gasteiger partial charge on any atom is 0.160 e. The van der Waals surface area contributed by atoms with Crippen molar-refractivity contribution in [3.63, 3.8) is 0 Å². The summed E-state index contributed by atoms with van der Waals surface area (Å²) in [5, 5.41) is 3.28. The SMILES string of the molecule is CC(C)c1nc2c(n1-c1ccc(F)c(F)c1)CCNC2. The zero-order valence-electron chi connectivity index (χ0n) is 11.6. The van der Waals surface area contributed by atoms with Crippen LogP contribution in [0.4, 0.5) is 8.78 Å². The number of aromatic nitrogens is 2. The van der Waals surface area contributed by atoms with E-state index in [4.69, 9.17) is 0 Å². The standard InChI is InChI=1S/C15H17F2N3/c1-9(2)15-19-13-8-18-6-5-14(13)20(15)10-3-4-11(16)12(17)7-10/h3-4,7,9,18H,5-6,8H2,1-2H3. The molecule has 0 unspecified atom stereocenters. The highest BCUT2D eigenvalue weighted by Gasteiger charge is 2.22. The first-order valence-electron chi connectivity index (χ1n) is 6.84. The molecule has 2 aromatic rings. The lowest BCUT2D eigenvalue weighted by Gasteiger charge is -2.17. The number of halogens is 2. The molecule has 0 spiro atoms. The monoisotopic (exact) mass is 277 g/mol. The van der Waals surface area contributed by atoms with Crippen molar-refractivity contribution in [1.82, 2.24) is 14.9 Å². The Morgan fingerprint density at radius 1 is 1.25 bits per heavy atom. The van der Waals surface area contributed by atoms with Crippen LogP contribution in [0.1, 0.15) is 37.0 Å². The first-order valence-corrected chi connectivity index (χ1v) is 6.84. The Morgan fingerprint density at radius 2 is 2.05 bits per heavy atom. The van der Waals surface area contributed by atoms with Gasteiger partial charge in [0.25, 0.3) is 0 Å². The highest BCUT2D eigenvalue weighted by molar-refractivity contribution is 5.40. The largest absolute Gasteiger partial charge is 0.311 e. The van der Waals surface area contributed by atoms with E-state index in [0.29, 0.717) is 5.69 Å². The molecule has 5 heteroatoms. The maximum atomic E-state index is 13.5. The van der Waals surface area contributed by atoms with Crippen LogP contribution in [0.15, 0.2) is 18.2 Å². The average molecular weight is 277 g/mol. The van der Waals surface area contributed by atoms with E-state index in [1.54, 1.807) is 6.07 Å². The molecule has 1 N–H and O–H groups in total. The molecule has 0 amide bonds. The Balaban J connectivity index is 2.20. The molecule has 106 valence electrons. The van der Waals surface area contributed by atoms with E-state index >= 15 is 0 Å². The molecular weight excluding hydrogens is 260 g/mol. The van der Waals surface area contributed by atoms with Gasteiger partial charge in [-0.2, -0.15) is 0 Å². The van der Waals surface area contributed by atoms with E-state index in [1.165, 1.54) is 12.1 Å². The van der Waals surface area contributed by atoms with Crippen LogP contribution >= 0.6 is 0 Å². The normalized spacial score (nSPS) is 14.7. The van der Waals surface area contributed by atoms with Crippen LogP contribution in [0.5, 0.6) is 0 Å². The molecule has 0 saturated carbocycles. The Morgan fingerprint density at radius 3 is 2.75 bits per heavy atom. The minimum atomic E-state index is -0.825. The lowest BCUT2D eigenvalue weighted by atomic mass is 10.1. The van der Waals surface area contributed by atoms with Gasteiger partial charge in [-0.05, 0) is 12.1 Å². The van der Waals surface area contributed by atoms with Gasteiger partial charge < -0.3 is 9.88 Å². The number of rotatable bonds is 2. The van der Waals surface area contributed by atoms with Gasteiger partial charge in [0, 0.05) is 37.2 Å². The van der Waals surface area contributed by atoms with E-state index in [2.05, 4.69) is 24.1 Å². The third-order valence-corrected chi connectivity index (χ3v) is 3.59. The third kappa shape index (κ3) is 2.12. The summed E-state index contributed by atoms with van der Waals surface area (Å²) in [4.78, 5) is 4.66. The van der Waals surface area contributed by atoms with Gasteiger partial charge >= 0.3 is 0 Å². The second-order valence-corrected chi connectivity index (χ2v) is 5.38. The van der Waals surface area contributed by atoms with Crippen LogP contribution in [-0.4, -0.2) is 16.1 Å². The van der Waals surface area contributed by atoms with Crippen molar-refractivity contribution in [3.05, 3.63) is 47.0 Å². The summed E-state index contributed by atoms with van der Waals surface area (Å²) in [5.74, 6) is -0.539. The summed E-state index contributed by atoms with van der Waals surface area (Å²) in [7, 11) is 0. The summed E-state index contributed by atoms with van der Waals surface area (Å²) in [5.41, 5.74) is 2.74. The summed E-state index contributed by atoms with van der Waals surface area (Å²) in [6.45, 7) is 5.71. The smallest absolute Gasteiger partial charge is 0.160 e. The van der Waals surface area contributed by atoms with Crippen molar-refractivity contribution in [2.75, 3.05) is 6.54 Å². The van der Waals surface area contributed by atoms with E-state index in [0.717, 1.165) is 36.7 Å². The van der Waals surface area contributed by atoms with E-state index in [1.807, 2.05) is 4.57 Å². The summed E-state index contributed by atoms with van der Waals surface area (Å²) < 4.78 is 28.6. The molecule has 0 radical (unpaired) electrons. The van der Waals surface area contributed by atoms with Crippen molar-refractivity contribution < 1.29 is 8.78 Å². The van der Waals surface area contributed by atoms with Crippen molar-refractivity contribution in [3.8, 4) is 5.69 Å². The first kappa shape index (κ1) is 13.2. The van der Waals surface area contributed by atoms with Crippen molar-refractivity contribution in [2.24, 2.45) is 0 Å². The number of hydrogen-bond acceptors (Lipinski definition) is 2. The molecule has 0 bridgehead atoms. The second kappa shape index (κ2) is 4.98. The Bertz CT molecular complexity index is 647. The number of fused-ring (bicyclic) bond motifs is 1. The molecule has 1 aliphatic heterocycles. The topological polar surface area (TPSA) is 29.9 Å². The highest BCUT2D eigenvalue weighted by Crippen LogP contribution is 2.26. The van der Waals surface area contributed by atoms with Crippen molar-refractivity contribution in [1.29, 1.82) is 0 Å². The summed E-state index contributed by atoms with van der Waals surface area (Å²) in [6, 6.07) is 4.02. The minimum absolute atomic E-state index is 0.216. The molecule has 3 rings (SSSR count). The predicted octanol–water partition coefficient (Wildman–Crippen LogP) is 2.92. The number of hydrogen-bond donors (Lipinski definition) is 1. The second-order valence-electron chi connectivity index (χ2n) is 5.38. The zero-order valence-corrected chi connectivity index (χ0v) is 11.6. The molecule has 2 heterocycles. The third-order valence-electron chi connectivity index (χ3n) is 3.59. The van der Waals surface area contributed by atoms with Crippen molar-refractivity contribution >= 4 is 0 Å². The number of nitrogens with zero attached hydrogens (tertiary/aromatic N) is 2. The molecule has 0 aliphatic carbocycles. The van der Waals surface area contributed by atoms with Crippen LogP contribution in [0, 0.1) is 11.6 Å². The molecule has 0 fully saturated rings. The summed E-state index contributed by atoms with van der Waals surface area (Å²) >= 11 is 0. The van der Waals surface area contributed by atoms with Gasteiger partial charge in [0.05, 0.1) is 11.4 Å². The van der Waals surface area contributed by atoms with E-state index < -0.39 is 11.6 Å². The number of nitrogens with one attached hydrogen (secondary N) is 1. The molecular formula is C15H17F2N3. The van der Waals surface area contributed by atoms with Crippen LogP contribution < -0.4 is 5.32 Å². The first-order chi connectivity index (χ1) is 9.58. The fourth-order valence-corrected chi connectivity index (χ4v) is 2.63. The molecule has 1 aliphatic rings. The quantitative estimate of drug-likeness (QED) is 0.914. The Hall–Kier alpha value is -1.75. The molecule has 1 aromatic carbocycles. The van der Waals surface area contributed by atoms with Crippen LogP contribution in [-0.2, 0) is 13.0 Å². The lowest BCUT2D eigenvalue weighted by Crippen LogP contribution is -2.24. The predicted molar refractivity (Wildman–Crippen MR) is 73.0 cm³/mol. The number of benzene rings is 1. The van der Waals surface area contributed by atoms with Gasteiger partial charge in [-0.3, -0.25) is 0 Å². The van der Waals surface area contributed by atoms with E-state index in [9.17, 15) is 8.78 Å². The zero-order chi connectivity index (χ0) is 14.3. The molecule has 1 aromatic heterocycles. The van der Waals surface area contributed by atoms with Crippen LogP contribution in [0.2, 0.25) is 0 Å². The van der Waals surface area contributed by atoms with Gasteiger partial charge in [-0.1, -0.05) is 13.8 Å². The van der Waals surface area contributed by atoms with Gasteiger partial charge in [0.15, 0.2) is 11.6 Å². The molecule has 0 saturated heterocycles. The molecule has 3 nitrogen and oxygen atoms in total. The van der Waals surface area contributed by atoms with Gasteiger partial charge in [-0.25, -0.2) is 13.8 Å². The highest BCUT2D eigenvalue weighted by atomic mass is 19.2. The minimum Gasteiger partial charge on any atom is -0.311 e. The Kier molecular flexibility index (Phi) is 3.30. The lowest BCUT2D eigenvalue weighted by molar-refractivity contribution is 0.507. The van der Waals surface area contributed by atoms with Crippen LogP contribution in [0.3, 0.4) is 0 Å². The average Bonchev–Trinajstić information content (AvgIpc) is 2.81. The van der Waals surface area contributed by atoms with Gasteiger partial charge in [-0.15, -0.1) is 0 Å². The Labute approximate surface area is 116 Å². The fraction of sp³-hybridized carbons (Fsp3) is 0.400. The van der Waals surface area contributed by atoms with Gasteiger partial charge in [0.2, 0.25) is 0 Å². The summed E-state index contributed by atoms with van der Waals surface area (Å²) in [6.07, 6.45) is 0.841. The van der Waals surface area contributed by atoms with Crippen molar-refractivity contribution in [2.45, 2.75) is 32.7 Å². The molecule has 20 heavy (non-hydrogen) atoms. The molecule has 0 atom stereocenters. The van der Waals surface area contributed by atoms with Gasteiger partial charge in [0.1, 0.15) is 5.82 Å². The maximum absolute atomic E-state index is 13.5.